The maximum Gasteiger partial charge on any atom is 0.248 e. The molecule has 0 amide bonds. The van der Waals surface area contributed by atoms with Crippen molar-refractivity contribution >= 4 is 21.8 Å². The number of rotatable bonds is 13. The van der Waals surface area contributed by atoms with Gasteiger partial charge in [-0.3, -0.25) is 14.5 Å². The van der Waals surface area contributed by atoms with Crippen molar-refractivity contribution in [3.63, 3.8) is 0 Å². The zero-order valence-corrected chi connectivity index (χ0v) is 31.5. The lowest BCUT2D eigenvalue weighted by Crippen LogP contribution is -2.41. The summed E-state index contributed by atoms with van der Waals surface area (Å²) in [6.07, 6.45) is -0.381. The van der Waals surface area contributed by atoms with Crippen LogP contribution in [-0.4, -0.2) is 44.2 Å². The molecule has 9 heteroatoms. The summed E-state index contributed by atoms with van der Waals surface area (Å²) < 4.78 is 12.4. The van der Waals surface area contributed by atoms with Crippen LogP contribution in [0.5, 0.6) is 11.5 Å². The van der Waals surface area contributed by atoms with Gasteiger partial charge in [0.15, 0.2) is 0 Å². The van der Waals surface area contributed by atoms with E-state index < -0.39 is 12.2 Å². The van der Waals surface area contributed by atoms with Crippen LogP contribution in [0.4, 0.5) is 0 Å². The van der Waals surface area contributed by atoms with Crippen LogP contribution < -0.4 is 20.6 Å². The van der Waals surface area contributed by atoms with Crippen molar-refractivity contribution in [1.29, 1.82) is 0 Å². The highest BCUT2D eigenvalue weighted by atomic mass is 16.5. The average Bonchev–Trinajstić information content (AvgIpc) is 3.61. The number of nitrogens with one attached hydrogen (secondary N) is 2. The minimum atomic E-state index is -0.965. The van der Waals surface area contributed by atoms with Crippen molar-refractivity contribution < 1.29 is 19.7 Å². The fourth-order valence-corrected chi connectivity index (χ4v) is 7.96. The van der Waals surface area contributed by atoms with Crippen molar-refractivity contribution in [2.24, 2.45) is 0 Å². The Morgan fingerprint density at radius 3 is 1.46 bits per heavy atom. The van der Waals surface area contributed by atoms with E-state index in [4.69, 9.17) is 9.47 Å². The number of H-pyrrole nitrogens is 2. The summed E-state index contributed by atoms with van der Waals surface area (Å²) in [6.45, 7) is 5.34. The molecule has 0 saturated carbocycles. The molecule has 284 valence electrons. The van der Waals surface area contributed by atoms with E-state index in [1.807, 2.05) is 72.8 Å². The second kappa shape index (κ2) is 16.0. The third-order valence-electron chi connectivity index (χ3n) is 11.0. The van der Waals surface area contributed by atoms with Crippen LogP contribution >= 0.6 is 0 Å². The second-order valence-electron chi connectivity index (χ2n) is 14.8. The molecule has 9 nitrogen and oxygen atoms in total. The highest BCUT2D eigenvalue weighted by Gasteiger charge is 2.32. The number of aliphatic hydroxyl groups is 2. The van der Waals surface area contributed by atoms with E-state index >= 15 is 0 Å². The molecule has 2 unspecified atom stereocenters. The van der Waals surface area contributed by atoms with Crippen LogP contribution in [0, 0.1) is 13.8 Å². The number of nitrogens with zero attached hydrogens (tertiary/aromatic N) is 1. The first-order chi connectivity index (χ1) is 27.2. The zero-order valence-electron chi connectivity index (χ0n) is 31.5. The van der Waals surface area contributed by atoms with Crippen LogP contribution in [0.1, 0.15) is 56.7 Å². The van der Waals surface area contributed by atoms with E-state index in [2.05, 4.69) is 40.8 Å². The Bertz CT molecular complexity index is 2440. The number of hydrogen-bond acceptors (Lipinski definition) is 7. The predicted octanol–water partition coefficient (Wildman–Crippen LogP) is 7.38. The SMILES string of the molecule is Cc1cc2c(cc1C)CC(N(CC(O)c1ccc(OCc3ccccc3)c3[nH]c(=O)ccc13)CC(O)c1ccc(OCc3ccccc3)c3[nH]c(=O)ccc13)C2. The van der Waals surface area contributed by atoms with Crippen LogP contribution in [0.25, 0.3) is 21.8 Å². The molecular formula is C47H45N3O6. The van der Waals surface area contributed by atoms with Gasteiger partial charge in [-0.05, 0) is 95.5 Å². The Balaban J connectivity index is 1.10. The average molecular weight is 748 g/mol. The van der Waals surface area contributed by atoms with Crippen molar-refractivity contribution in [2.45, 2.75) is 58.2 Å². The molecule has 7 aromatic rings. The summed E-state index contributed by atoms with van der Waals surface area (Å²) in [5.41, 5.74) is 8.81. The summed E-state index contributed by atoms with van der Waals surface area (Å²) in [7, 11) is 0. The lowest BCUT2D eigenvalue weighted by molar-refractivity contribution is 0.0470. The van der Waals surface area contributed by atoms with E-state index in [0.29, 0.717) is 57.6 Å². The van der Waals surface area contributed by atoms with E-state index in [-0.39, 0.29) is 30.2 Å². The number of aliphatic hydroxyl groups excluding tert-OH is 2. The first-order valence-electron chi connectivity index (χ1n) is 19.0. The zero-order chi connectivity index (χ0) is 38.8. The van der Waals surface area contributed by atoms with Gasteiger partial charge in [0.2, 0.25) is 11.1 Å². The number of hydrogen-bond donors (Lipinski definition) is 4. The molecule has 2 atom stereocenters. The number of pyridine rings is 2. The quantitative estimate of drug-likeness (QED) is 0.0970. The highest BCUT2D eigenvalue weighted by Crippen LogP contribution is 2.36. The smallest absolute Gasteiger partial charge is 0.248 e. The number of aryl methyl sites for hydroxylation is 2. The Morgan fingerprint density at radius 2 is 1.04 bits per heavy atom. The topological polar surface area (TPSA) is 128 Å². The largest absolute Gasteiger partial charge is 0.487 e. The number of ether oxygens (including phenoxy) is 2. The van der Waals surface area contributed by atoms with Gasteiger partial charge in [0.05, 0.1) is 23.2 Å². The first kappa shape index (κ1) is 36.9. The van der Waals surface area contributed by atoms with E-state index in [1.165, 1.54) is 34.4 Å². The molecule has 0 aliphatic heterocycles. The van der Waals surface area contributed by atoms with Gasteiger partial charge in [0.1, 0.15) is 24.7 Å². The van der Waals surface area contributed by atoms with E-state index in [1.54, 1.807) is 24.3 Å². The molecular weight excluding hydrogens is 703 g/mol. The van der Waals surface area contributed by atoms with Crippen LogP contribution in [0.3, 0.4) is 0 Å². The summed E-state index contributed by atoms with van der Waals surface area (Å²) >= 11 is 0. The molecule has 0 saturated heterocycles. The van der Waals surface area contributed by atoms with Gasteiger partial charge in [0, 0.05) is 42.0 Å². The molecule has 1 aliphatic carbocycles. The molecule has 8 rings (SSSR count). The van der Waals surface area contributed by atoms with Gasteiger partial charge in [-0.15, -0.1) is 0 Å². The molecule has 2 heterocycles. The lowest BCUT2D eigenvalue weighted by Gasteiger charge is -2.33. The minimum absolute atomic E-state index is 0.00889. The summed E-state index contributed by atoms with van der Waals surface area (Å²) in [5, 5.41) is 25.5. The fourth-order valence-electron chi connectivity index (χ4n) is 7.96. The lowest BCUT2D eigenvalue weighted by atomic mass is 9.99. The molecule has 0 bridgehead atoms. The van der Waals surface area contributed by atoms with Gasteiger partial charge < -0.3 is 29.7 Å². The van der Waals surface area contributed by atoms with Crippen molar-refractivity contribution in [1.82, 2.24) is 14.9 Å². The van der Waals surface area contributed by atoms with Crippen molar-refractivity contribution in [2.75, 3.05) is 13.1 Å². The van der Waals surface area contributed by atoms with Crippen LogP contribution in [0.2, 0.25) is 0 Å². The Hall–Kier alpha value is -6.00. The molecule has 0 fully saturated rings. The third kappa shape index (κ3) is 7.88. The van der Waals surface area contributed by atoms with E-state index in [0.717, 1.165) is 24.0 Å². The first-order valence-corrected chi connectivity index (χ1v) is 19.0. The standard InChI is InChI=1S/C47H45N3O6/c1-29-21-33-23-35(24-34(33)22-30(29)2)50(25-40(51)36-13-17-42(46-38(36)15-19-44(53)48-46)55-27-31-9-5-3-6-10-31)26-41(52)37-14-18-43(47-39(37)16-20-45(54)49-47)56-28-32-11-7-4-8-12-32/h3-22,35,40-41,51-52H,23-28H2,1-2H3,(H,48,53)(H,49,54). The van der Waals surface area contributed by atoms with Gasteiger partial charge in [-0.1, -0.05) is 84.9 Å². The Kier molecular flexibility index (Phi) is 10.6. The third-order valence-corrected chi connectivity index (χ3v) is 11.0. The molecule has 56 heavy (non-hydrogen) atoms. The predicted molar refractivity (Wildman–Crippen MR) is 219 cm³/mol. The minimum Gasteiger partial charge on any atom is -0.487 e. The Labute approximate surface area is 324 Å². The summed E-state index contributed by atoms with van der Waals surface area (Å²) in [4.78, 5) is 33.2. The van der Waals surface area contributed by atoms with Crippen molar-refractivity contribution in [3.05, 3.63) is 187 Å². The number of aromatic amines is 2. The fraction of sp³-hybridized carbons (Fsp3) is 0.234. The van der Waals surface area contributed by atoms with Gasteiger partial charge in [-0.25, -0.2) is 0 Å². The maximum atomic E-state index is 12.6. The normalized spacial score (nSPS) is 13.9. The summed E-state index contributed by atoms with van der Waals surface area (Å²) in [6, 6.07) is 37.8. The second-order valence-corrected chi connectivity index (χ2v) is 14.8. The van der Waals surface area contributed by atoms with E-state index in [9.17, 15) is 19.8 Å². The maximum absolute atomic E-state index is 12.6. The number of fused-ring (bicyclic) bond motifs is 3. The molecule has 2 aromatic heterocycles. The monoisotopic (exact) mass is 747 g/mol. The molecule has 1 aliphatic rings. The van der Waals surface area contributed by atoms with Gasteiger partial charge >= 0.3 is 0 Å². The highest BCUT2D eigenvalue weighted by molar-refractivity contribution is 5.88. The molecule has 0 radical (unpaired) electrons. The van der Waals surface area contributed by atoms with Crippen LogP contribution in [0.15, 0.2) is 131 Å². The van der Waals surface area contributed by atoms with Gasteiger partial charge in [-0.2, -0.15) is 0 Å². The molecule has 0 spiro atoms. The Morgan fingerprint density at radius 1 is 0.607 bits per heavy atom. The number of benzene rings is 5. The van der Waals surface area contributed by atoms with Crippen molar-refractivity contribution in [3.8, 4) is 11.5 Å². The van der Waals surface area contributed by atoms with Gasteiger partial charge in [0.25, 0.3) is 0 Å². The number of aromatic nitrogens is 2. The van der Waals surface area contributed by atoms with Crippen LogP contribution in [-0.2, 0) is 26.1 Å². The molecule has 4 N–H and O–H groups in total. The summed E-state index contributed by atoms with van der Waals surface area (Å²) in [5.74, 6) is 1.03. The molecule has 5 aromatic carbocycles.